The summed E-state index contributed by atoms with van der Waals surface area (Å²) >= 11 is 4.67. The van der Waals surface area contributed by atoms with Gasteiger partial charge in [0.25, 0.3) is 0 Å². The number of thiazole rings is 1. The number of carbonyl (C=O) groups is 1. The second-order valence-electron chi connectivity index (χ2n) is 4.47. The Morgan fingerprint density at radius 1 is 1.33 bits per heavy atom. The maximum absolute atomic E-state index is 11.3. The molecule has 0 aliphatic rings. The van der Waals surface area contributed by atoms with E-state index in [1.54, 1.807) is 0 Å². The Hall–Kier alpha value is -1.79. The molecule has 3 rings (SSSR count). The number of para-hydroxylation sites is 1. The molecule has 0 radical (unpaired) electrons. The maximum atomic E-state index is 11.3. The van der Waals surface area contributed by atoms with E-state index in [-0.39, 0.29) is 4.88 Å². The van der Waals surface area contributed by atoms with E-state index in [0.717, 1.165) is 26.7 Å². The number of hydrogen-bond donors (Lipinski definition) is 1. The quantitative estimate of drug-likeness (QED) is 0.750. The van der Waals surface area contributed by atoms with E-state index in [2.05, 4.69) is 25.9 Å². The maximum Gasteiger partial charge on any atom is 0.347 e. The summed E-state index contributed by atoms with van der Waals surface area (Å²) in [5.74, 6) is -0.937. The van der Waals surface area contributed by atoms with E-state index in [4.69, 9.17) is 0 Å². The minimum atomic E-state index is -0.937. The molecule has 6 heteroatoms. The summed E-state index contributed by atoms with van der Waals surface area (Å²) in [6, 6.07) is 9.77. The number of carboxylic acids is 1. The fourth-order valence-corrected chi connectivity index (χ4v) is 3.75. The predicted octanol–water partition coefficient (Wildman–Crippen LogP) is 4.38. The predicted molar refractivity (Wildman–Crippen MR) is 86.9 cm³/mol. The third-order valence-corrected chi connectivity index (χ3v) is 4.80. The Balaban J connectivity index is 2.20. The molecule has 0 fully saturated rings. The highest BCUT2D eigenvalue weighted by atomic mass is 79.9. The van der Waals surface area contributed by atoms with Gasteiger partial charge in [-0.25, -0.2) is 14.8 Å². The molecule has 1 aromatic carbocycles. The zero-order chi connectivity index (χ0) is 15.0. The van der Waals surface area contributed by atoms with Gasteiger partial charge >= 0.3 is 5.97 Å². The molecule has 2 heterocycles. The molecule has 2 aromatic heterocycles. The van der Waals surface area contributed by atoms with Gasteiger partial charge in [0, 0.05) is 9.86 Å². The fraction of sp³-hybridized carbons (Fsp3) is 0.133. The number of hydrogen-bond acceptors (Lipinski definition) is 4. The molecule has 0 aliphatic heterocycles. The molecule has 0 saturated carbocycles. The van der Waals surface area contributed by atoms with Crippen LogP contribution in [0.4, 0.5) is 0 Å². The highest BCUT2D eigenvalue weighted by molar-refractivity contribution is 9.10. The lowest BCUT2D eigenvalue weighted by molar-refractivity contribution is 0.0701. The van der Waals surface area contributed by atoms with Crippen molar-refractivity contribution < 1.29 is 9.90 Å². The lowest BCUT2D eigenvalue weighted by Gasteiger charge is -2.03. The first-order valence-electron chi connectivity index (χ1n) is 6.38. The van der Waals surface area contributed by atoms with Crippen LogP contribution in [0.15, 0.2) is 34.8 Å². The third kappa shape index (κ3) is 2.56. The van der Waals surface area contributed by atoms with Crippen LogP contribution in [-0.2, 0) is 6.42 Å². The van der Waals surface area contributed by atoms with Crippen LogP contribution < -0.4 is 0 Å². The van der Waals surface area contributed by atoms with Gasteiger partial charge in [-0.15, -0.1) is 11.3 Å². The summed E-state index contributed by atoms with van der Waals surface area (Å²) in [6.07, 6.45) is 0.587. The average Bonchev–Trinajstić information content (AvgIpc) is 2.90. The number of aryl methyl sites for hydroxylation is 1. The van der Waals surface area contributed by atoms with Crippen molar-refractivity contribution in [3.8, 4) is 10.7 Å². The fourth-order valence-electron chi connectivity index (χ4n) is 2.10. The highest BCUT2D eigenvalue weighted by Crippen LogP contribution is 2.34. The van der Waals surface area contributed by atoms with Gasteiger partial charge in [0.15, 0.2) is 0 Å². The van der Waals surface area contributed by atoms with Gasteiger partial charge in [0.05, 0.1) is 11.2 Å². The Labute approximate surface area is 133 Å². The number of fused-ring (bicyclic) bond motifs is 1. The van der Waals surface area contributed by atoms with E-state index < -0.39 is 5.97 Å². The molecule has 0 spiro atoms. The highest BCUT2D eigenvalue weighted by Gasteiger charge is 2.19. The molecule has 0 bridgehead atoms. The summed E-state index contributed by atoms with van der Waals surface area (Å²) in [5.41, 5.74) is 2.14. The van der Waals surface area contributed by atoms with Crippen molar-refractivity contribution in [1.29, 1.82) is 0 Å². The number of aromatic carboxylic acids is 1. The minimum absolute atomic E-state index is 0.286. The van der Waals surface area contributed by atoms with E-state index in [0.29, 0.717) is 22.8 Å². The van der Waals surface area contributed by atoms with Crippen LogP contribution in [0.3, 0.4) is 0 Å². The van der Waals surface area contributed by atoms with Crippen LogP contribution in [0.2, 0.25) is 0 Å². The number of carboxylic acid groups (broad SMARTS) is 1. The largest absolute Gasteiger partial charge is 0.477 e. The first kappa shape index (κ1) is 14.2. The molecule has 0 amide bonds. The number of benzene rings is 1. The standard InChI is InChI=1S/C15H11BrN2O2S/c1-2-10-13(15(19)20)21-14(18-10)12-9(16)7-8-5-3-4-6-11(8)17-12/h3-7H,2H2,1H3,(H,19,20). The number of nitrogens with zero attached hydrogens (tertiary/aromatic N) is 2. The summed E-state index contributed by atoms with van der Waals surface area (Å²) in [7, 11) is 0. The molecule has 21 heavy (non-hydrogen) atoms. The van der Waals surface area contributed by atoms with Crippen molar-refractivity contribution in [2.45, 2.75) is 13.3 Å². The van der Waals surface area contributed by atoms with E-state index in [1.807, 2.05) is 37.3 Å². The number of aromatic nitrogens is 2. The molecule has 106 valence electrons. The lowest BCUT2D eigenvalue weighted by atomic mass is 10.2. The molecule has 4 nitrogen and oxygen atoms in total. The van der Waals surface area contributed by atoms with Crippen LogP contribution >= 0.6 is 27.3 Å². The van der Waals surface area contributed by atoms with Crippen LogP contribution in [0.25, 0.3) is 21.6 Å². The second kappa shape index (κ2) is 5.54. The van der Waals surface area contributed by atoms with Crippen molar-refractivity contribution in [3.63, 3.8) is 0 Å². The Morgan fingerprint density at radius 2 is 2.10 bits per heavy atom. The van der Waals surface area contributed by atoms with Crippen LogP contribution in [0.5, 0.6) is 0 Å². The first-order valence-corrected chi connectivity index (χ1v) is 7.99. The van der Waals surface area contributed by atoms with Crippen LogP contribution in [0, 0.1) is 0 Å². The SMILES string of the molecule is CCc1nc(-c2nc3ccccc3cc2Br)sc1C(=O)O. The van der Waals surface area contributed by atoms with Gasteiger partial charge in [0.1, 0.15) is 15.6 Å². The molecule has 3 aromatic rings. The summed E-state index contributed by atoms with van der Waals surface area (Å²) < 4.78 is 0.814. The van der Waals surface area contributed by atoms with Gasteiger partial charge in [-0.2, -0.15) is 0 Å². The normalized spacial score (nSPS) is 11.0. The van der Waals surface area contributed by atoms with Crippen molar-refractivity contribution in [3.05, 3.63) is 45.4 Å². The number of pyridine rings is 1. The Morgan fingerprint density at radius 3 is 2.76 bits per heavy atom. The minimum Gasteiger partial charge on any atom is -0.477 e. The molecular formula is C15H11BrN2O2S. The summed E-state index contributed by atoms with van der Waals surface area (Å²) in [6.45, 7) is 1.90. The zero-order valence-corrected chi connectivity index (χ0v) is 13.5. The monoisotopic (exact) mass is 362 g/mol. The van der Waals surface area contributed by atoms with Gasteiger partial charge in [-0.3, -0.25) is 0 Å². The van der Waals surface area contributed by atoms with Gasteiger partial charge < -0.3 is 5.11 Å². The van der Waals surface area contributed by atoms with Crippen molar-refractivity contribution >= 4 is 44.1 Å². The molecular weight excluding hydrogens is 352 g/mol. The van der Waals surface area contributed by atoms with E-state index >= 15 is 0 Å². The topological polar surface area (TPSA) is 63.1 Å². The van der Waals surface area contributed by atoms with Crippen LogP contribution in [0.1, 0.15) is 22.3 Å². The van der Waals surface area contributed by atoms with E-state index in [9.17, 15) is 9.90 Å². The molecule has 1 N–H and O–H groups in total. The third-order valence-electron chi connectivity index (χ3n) is 3.11. The van der Waals surface area contributed by atoms with Crippen molar-refractivity contribution in [2.24, 2.45) is 0 Å². The Bertz CT molecular complexity index is 845. The summed E-state index contributed by atoms with van der Waals surface area (Å²) in [4.78, 5) is 20.6. The molecule has 0 unspecified atom stereocenters. The summed E-state index contributed by atoms with van der Waals surface area (Å²) in [5, 5.41) is 10.9. The van der Waals surface area contributed by atoms with Crippen molar-refractivity contribution in [2.75, 3.05) is 0 Å². The molecule has 0 atom stereocenters. The number of halogens is 1. The van der Waals surface area contributed by atoms with Gasteiger partial charge in [-0.05, 0) is 34.5 Å². The van der Waals surface area contributed by atoms with Crippen LogP contribution in [-0.4, -0.2) is 21.0 Å². The van der Waals surface area contributed by atoms with Gasteiger partial charge in [0.2, 0.25) is 0 Å². The van der Waals surface area contributed by atoms with Crippen molar-refractivity contribution in [1.82, 2.24) is 9.97 Å². The number of rotatable bonds is 3. The second-order valence-corrected chi connectivity index (χ2v) is 6.32. The molecule has 0 saturated heterocycles. The lowest BCUT2D eigenvalue weighted by Crippen LogP contribution is -1.97. The first-order chi connectivity index (χ1) is 10.1. The smallest absolute Gasteiger partial charge is 0.347 e. The van der Waals surface area contributed by atoms with Gasteiger partial charge in [-0.1, -0.05) is 25.1 Å². The average molecular weight is 363 g/mol. The Kier molecular flexibility index (Phi) is 3.73. The van der Waals surface area contributed by atoms with E-state index in [1.165, 1.54) is 0 Å². The molecule has 0 aliphatic carbocycles. The zero-order valence-electron chi connectivity index (χ0n) is 11.1.